The van der Waals surface area contributed by atoms with E-state index in [9.17, 15) is 127 Å². The molecule has 2 heterocycles. The van der Waals surface area contributed by atoms with Gasteiger partial charge in [0, 0.05) is 51.7 Å². The molecule has 4 rings (SSSR count). The second-order valence-corrected chi connectivity index (χ2v) is 31.2. The monoisotopic (exact) mass is 1780 g/mol. The number of phenols is 2. The van der Waals surface area contributed by atoms with Crippen LogP contribution in [0.2, 0.25) is 0 Å². The topological polar surface area (TPSA) is 792 Å². The van der Waals surface area contributed by atoms with Crippen molar-refractivity contribution >= 4 is 124 Å². The number of carboxylic acid groups (broad SMARTS) is 2. The molecule has 696 valence electrons. The van der Waals surface area contributed by atoms with Gasteiger partial charge < -0.3 is 144 Å². The molecule has 0 saturated carbocycles. The number of hydrogen-bond acceptors (Lipinski definition) is 26. The minimum Gasteiger partial charge on any atom is -0.508 e. The number of rotatable bonds is 53. The molecule has 15 atom stereocenters. The van der Waals surface area contributed by atoms with Crippen molar-refractivity contribution in [2.75, 3.05) is 39.3 Å². The normalized spacial score (nSPS) is 16.6. The Morgan fingerprint density at radius 2 is 0.873 bits per heavy atom. The number of aromatic hydroxyl groups is 2. The molecule has 48 nitrogen and oxygen atoms in total. The van der Waals surface area contributed by atoms with Gasteiger partial charge in [0.2, 0.25) is 106 Å². The lowest BCUT2D eigenvalue weighted by Crippen LogP contribution is -2.60. The zero-order chi connectivity index (χ0) is 94.5. The summed E-state index contributed by atoms with van der Waals surface area (Å²) in [6.45, 7) is 5.98. The second kappa shape index (κ2) is 51.6. The molecular formula is C78H118N22O26. The highest BCUT2D eigenvalue weighted by Gasteiger charge is 2.43. The summed E-state index contributed by atoms with van der Waals surface area (Å²) < 4.78 is 0. The first-order valence-corrected chi connectivity index (χ1v) is 40.7. The minimum atomic E-state index is -1.94. The highest BCUT2D eigenvalue weighted by Crippen LogP contribution is 2.24. The molecule has 0 bridgehead atoms. The molecule has 2 aromatic carbocycles. The predicted octanol–water partition coefficient (Wildman–Crippen LogP) is -9.53. The van der Waals surface area contributed by atoms with Gasteiger partial charge in [-0.1, -0.05) is 52.0 Å². The molecule has 0 aromatic heterocycles. The lowest BCUT2D eigenvalue weighted by molar-refractivity contribution is -0.143. The number of carboxylic acids is 2. The zero-order valence-corrected chi connectivity index (χ0v) is 70.6. The average Bonchev–Trinajstić information content (AvgIpc) is 1.65. The summed E-state index contributed by atoms with van der Waals surface area (Å²) in [4.78, 5) is 271. The lowest BCUT2D eigenvalue weighted by Gasteiger charge is -2.31. The summed E-state index contributed by atoms with van der Waals surface area (Å²) in [7, 11) is 0. The van der Waals surface area contributed by atoms with Crippen LogP contribution in [0.3, 0.4) is 0 Å². The van der Waals surface area contributed by atoms with E-state index in [4.69, 9.17) is 34.1 Å². The fraction of sp³-hybridized carbons (Fsp3) is 0.577. The number of benzene rings is 2. The molecule has 0 radical (unpaired) electrons. The second-order valence-electron chi connectivity index (χ2n) is 31.2. The molecule has 2 fully saturated rings. The molecule has 2 aromatic rings. The first-order chi connectivity index (χ1) is 59.2. The van der Waals surface area contributed by atoms with Crippen LogP contribution in [0.25, 0.3) is 0 Å². The number of likely N-dealkylation sites (tertiary alicyclic amines) is 2. The van der Waals surface area contributed by atoms with Gasteiger partial charge in [-0.3, -0.25) is 96.5 Å². The number of nitrogens with one attached hydrogen (secondary N) is 15. The average molecular weight is 1780 g/mol. The first-order valence-electron chi connectivity index (χ1n) is 40.7. The fourth-order valence-electron chi connectivity index (χ4n) is 13.3. The summed E-state index contributed by atoms with van der Waals surface area (Å²) in [5, 5.41) is 101. The molecule has 0 aliphatic carbocycles. The van der Waals surface area contributed by atoms with Crippen molar-refractivity contribution in [3.63, 3.8) is 0 Å². The van der Waals surface area contributed by atoms with Crippen LogP contribution in [-0.2, 0) is 109 Å². The Labute approximate surface area is 723 Å². The van der Waals surface area contributed by atoms with E-state index < -0.39 is 292 Å². The third kappa shape index (κ3) is 35.8. The van der Waals surface area contributed by atoms with Crippen LogP contribution in [0.5, 0.6) is 11.5 Å². The number of carbonyl (C=O) groups is 20. The molecule has 2 aliphatic heterocycles. The molecular weight excluding hydrogens is 1660 g/mol. The number of nitrogens with zero attached hydrogens (tertiary/aromatic N) is 2. The van der Waals surface area contributed by atoms with Crippen molar-refractivity contribution in [2.24, 2.45) is 40.5 Å². The highest BCUT2D eigenvalue weighted by atomic mass is 16.4. The van der Waals surface area contributed by atoms with Gasteiger partial charge in [0.1, 0.15) is 90.0 Å². The van der Waals surface area contributed by atoms with Gasteiger partial charge in [-0.2, -0.15) is 0 Å². The SMILES string of the molecule is CC(C)C[C@H](N)C(=O)N1CCC[C@H]1C(=O)N[C@@H](CC(N)=O)C(=O)N[C@@H](CCC(N)=O)C(=O)N1CCC[C@H]1C(=O)N[C@@H](CO)C(=O)NCC(=O)N[C@@H](Cc1ccc(O)cc1)C(=O)N[C@@H](CCCNC(=N)N)C(=O)N[C@H](C(=O)N[C@@H](C)C(=O)NCC(=O)N[C@@H](Cc1ccc(O)cc1)C(=O)N[C@@H](CCC(=O)O)C(=O)N[C@H](C(=O)N[C@@H](CCC(N)=O)C(=O)O)[C@@H](C)O)C(C)C. The molecule has 126 heavy (non-hydrogen) atoms. The minimum absolute atomic E-state index is 0.00115. The number of aliphatic carboxylic acids is 2. The smallest absolute Gasteiger partial charge is 0.326 e. The zero-order valence-electron chi connectivity index (χ0n) is 70.6. The molecule has 0 spiro atoms. The quantitative estimate of drug-likeness (QED) is 0.0166. The number of guanidine groups is 1. The van der Waals surface area contributed by atoms with Gasteiger partial charge >= 0.3 is 11.9 Å². The van der Waals surface area contributed by atoms with Crippen LogP contribution in [-0.4, -0.2) is 295 Å². The van der Waals surface area contributed by atoms with Crippen molar-refractivity contribution in [3.05, 3.63) is 59.7 Å². The van der Waals surface area contributed by atoms with Crippen LogP contribution in [0.15, 0.2) is 48.5 Å². The Bertz CT molecular complexity index is 4230. The molecule has 48 heteroatoms. The number of aliphatic hydroxyl groups excluding tert-OH is 2. The van der Waals surface area contributed by atoms with Gasteiger partial charge in [-0.25, -0.2) is 4.79 Å². The van der Waals surface area contributed by atoms with Crippen molar-refractivity contribution in [3.8, 4) is 11.5 Å². The van der Waals surface area contributed by atoms with E-state index in [0.29, 0.717) is 18.4 Å². The Balaban J connectivity index is 1.48. The van der Waals surface area contributed by atoms with Gasteiger partial charge in [0.15, 0.2) is 5.96 Å². The van der Waals surface area contributed by atoms with Crippen LogP contribution in [0.1, 0.15) is 143 Å². The van der Waals surface area contributed by atoms with E-state index in [1.54, 1.807) is 0 Å². The van der Waals surface area contributed by atoms with Crippen LogP contribution in [0, 0.1) is 17.2 Å². The van der Waals surface area contributed by atoms with Crippen molar-refractivity contribution < 1.29 is 127 Å². The molecule has 0 unspecified atom stereocenters. The lowest BCUT2D eigenvalue weighted by atomic mass is 10.0. The van der Waals surface area contributed by atoms with Crippen molar-refractivity contribution in [1.82, 2.24) is 84.2 Å². The van der Waals surface area contributed by atoms with E-state index in [0.717, 1.165) is 11.8 Å². The van der Waals surface area contributed by atoms with Gasteiger partial charge in [-0.15, -0.1) is 0 Å². The van der Waals surface area contributed by atoms with Crippen LogP contribution in [0.4, 0.5) is 0 Å². The summed E-state index contributed by atoms with van der Waals surface area (Å²) in [5.41, 5.74) is 28.3. The van der Waals surface area contributed by atoms with Crippen molar-refractivity contribution in [1.29, 1.82) is 5.41 Å². The van der Waals surface area contributed by atoms with Gasteiger partial charge in [0.25, 0.3) is 0 Å². The predicted molar refractivity (Wildman–Crippen MR) is 441 cm³/mol. The largest absolute Gasteiger partial charge is 0.508 e. The number of phenolic OH excluding ortho intramolecular Hbond substituents is 2. The maximum absolute atomic E-state index is 14.6. The summed E-state index contributed by atoms with van der Waals surface area (Å²) >= 11 is 0. The number of primary amides is 3. The third-order valence-electron chi connectivity index (χ3n) is 20.0. The van der Waals surface area contributed by atoms with Crippen LogP contribution >= 0.6 is 0 Å². The number of amides is 18. The van der Waals surface area contributed by atoms with Crippen LogP contribution < -0.4 is 103 Å². The number of nitrogens with two attached hydrogens (primary N) is 5. The van der Waals surface area contributed by atoms with E-state index in [-0.39, 0.29) is 81.1 Å². The van der Waals surface area contributed by atoms with E-state index in [2.05, 4.69) is 74.4 Å². The molecule has 31 N–H and O–H groups in total. The Morgan fingerprint density at radius 3 is 1.32 bits per heavy atom. The Morgan fingerprint density at radius 1 is 0.452 bits per heavy atom. The van der Waals surface area contributed by atoms with E-state index >= 15 is 0 Å². The standard InChI is InChI=1S/C78H118N22O26/c1-37(2)30-45(79)75(123)99-28-8-11-54(99)71(119)95-52(33-58(82)107)70(118)93-48(21-24-56(80)105)76(124)100-29-9-12-55(100)72(120)96-53(36-101)65(113)87-35-60(109)90-50(31-41-13-17-43(103)18-14-41)68(116)91-46(10-7-27-85-78(83)84)66(114)97-62(38(3)4)73(121)88-39(5)64(112)86-34-59(108)89-51(32-42-15-19-44(104)20-16-42)69(117)92-47(23-26-61(110)111)67(115)98-63(40(6)102)74(122)94-49(77(125)126)22-25-57(81)106/h13-20,37-40,45-55,62-63,101-104H,7-12,21-36,79H2,1-6H3,(H2,80,105)(H2,81,106)(H2,82,107)(H,86,112)(H,87,113)(H,88,121)(H,89,108)(H,90,109)(H,91,116)(H,92,117)(H,93,118)(H,94,122)(H,95,119)(H,96,120)(H,97,114)(H,98,115)(H,110,111)(H,125,126)(H4,83,84,85)/t39-,40+,45-,46-,47-,48-,49-,50-,51-,52-,53-,54-,55-,62-,63-/m0/s1. The number of hydrogen-bond donors (Lipinski definition) is 26. The van der Waals surface area contributed by atoms with E-state index in [1.807, 2.05) is 13.8 Å². The number of carbonyl (C=O) groups excluding carboxylic acids is 18. The molecule has 2 saturated heterocycles. The fourth-order valence-corrected chi connectivity index (χ4v) is 13.3. The number of aliphatic hydroxyl groups is 2. The maximum Gasteiger partial charge on any atom is 0.326 e. The van der Waals surface area contributed by atoms with Crippen molar-refractivity contribution in [2.45, 2.75) is 235 Å². The maximum atomic E-state index is 14.6. The van der Waals surface area contributed by atoms with Gasteiger partial charge in [0.05, 0.1) is 38.3 Å². The third-order valence-corrected chi connectivity index (χ3v) is 20.0. The summed E-state index contributed by atoms with van der Waals surface area (Å²) in [6, 6.07) is -11.5. The summed E-state index contributed by atoms with van der Waals surface area (Å²) in [6.07, 6.45) is -5.92. The molecule has 2 aliphatic rings. The molecule has 18 amide bonds. The Kier molecular flexibility index (Phi) is 43.0. The summed E-state index contributed by atoms with van der Waals surface area (Å²) in [5.74, 6) is -23.0. The highest BCUT2D eigenvalue weighted by molar-refractivity contribution is 6.01. The Hall–Kier alpha value is -13.4. The van der Waals surface area contributed by atoms with Gasteiger partial charge in [-0.05, 0) is 125 Å². The van der Waals surface area contributed by atoms with E-state index in [1.165, 1.54) is 74.2 Å². The first kappa shape index (κ1) is 105.